The van der Waals surface area contributed by atoms with Crippen LogP contribution in [0.15, 0.2) is 47.4 Å². The van der Waals surface area contributed by atoms with Crippen molar-refractivity contribution in [3.63, 3.8) is 0 Å². The Bertz CT molecular complexity index is 1240. The number of halogens is 4. The van der Waals surface area contributed by atoms with E-state index in [9.17, 15) is 17.6 Å². The van der Waals surface area contributed by atoms with Gasteiger partial charge in [-0.3, -0.25) is 0 Å². The molecule has 0 bridgehead atoms. The summed E-state index contributed by atoms with van der Waals surface area (Å²) in [5, 5.41) is 7.34. The van der Waals surface area contributed by atoms with E-state index in [1.807, 2.05) is 18.4 Å². The Morgan fingerprint density at radius 2 is 1.89 bits per heavy atom. The Morgan fingerprint density at radius 3 is 2.61 bits per heavy atom. The summed E-state index contributed by atoms with van der Waals surface area (Å²) in [4.78, 5) is 0.921. The van der Waals surface area contributed by atoms with Crippen molar-refractivity contribution in [2.75, 3.05) is 30.3 Å². The van der Waals surface area contributed by atoms with Gasteiger partial charge in [-0.25, -0.2) is 4.39 Å². The van der Waals surface area contributed by atoms with E-state index in [4.69, 9.17) is 4.74 Å². The van der Waals surface area contributed by atoms with Gasteiger partial charge in [0.05, 0.1) is 23.4 Å². The fourth-order valence-corrected chi connectivity index (χ4v) is 4.99. The van der Waals surface area contributed by atoms with E-state index in [0.29, 0.717) is 28.7 Å². The summed E-state index contributed by atoms with van der Waals surface area (Å²) in [6.07, 6.45) is 3.18. The second-order valence-electron chi connectivity index (χ2n) is 8.72. The van der Waals surface area contributed by atoms with E-state index in [1.54, 1.807) is 30.3 Å². The van der Waals surface area contributed by atoms with Gasteiger partial charge >= 0.3 is 6.18 Å². The average Bonchev–Trinajstić information content (AvgIpc) is 3.20. The average molecular weight is 520 g/mol. The highest BCUT2D eigenvalue weighted by molar-refractivity contribution is 7.98. The highest BCUT2D eigenvalue weighted by Gasteiger charge is 2.30. The van der Waals surface area contributed by atoms with Crippen molar-refractivity contribution in [1.29, 1.82) is 0 Å². The van der Waals surface area contributed by atoms with E-state index >= 15 is 0 Å². The molecule has 1 aliphatic rings. The summed E-state index contributed by atoms with van der Waals surface area (Å²) in [5.41, 5.74) is 2.19. The molecule has 1 aliphatic carbocycles. The maximum atomic E-state index is 13.4. The fraction of sp³-hybridized carbons (Fsp3) is 0.407. The Morgan fingerprint density at radius 1 is 1.08 bits per heavy atom. The molecule has 0 unspecified atom stereocenters. The second-order valence-corrected chi connectivity index (χ2v) is 9.60. The van der Waals surface area contributed by atoms with Crippen LogP contribution in [0.1, 0.15) is 37.8 Å². The summed E-state index contributed by atoms with van der Waals surface area (Å²) < 4.78 is 59.4. The number of nitrogens with zero attached hydrogens (tertiary/aromatic N) is 1. The van der Waals surface area contributed by atoms with Gasteiger partial charge in [-0.1, -0.05) is 31.2 Å². The van der Waals surface area contributed by atoms with E-state index in [0.717, 1.165) is 41.7 Å². The van der Waals surface area contributed by atoms with E-state index in [-0.39, 0.29) is 6.54 Å². The topological polar surface area (TPSA) is 38.2 Å². The Kier molecular flexibility index (Phi) is 8.57. The first-order valence-corrected chi connectivity index (χ1v) is 13.2. The molecule has 0 atom stereocenters. The number of fused-ring (bicyclic) bond motifs is 1. The quantitative estimate of drug-likeness (QED) is 0.184. The molecule has 1 aromatic heterocycles. The normalized spacial score (nSPS) is 14.4. The molecule has 2 aromatic carbocycles. The number of hydrogen-bond donors (Lipinski definition) is 2. The van der Waals surface area contributed by atoms with Gasteiger partial charge in [0.15, 0.2) is 0 Å². The number of nitrogens with one attached hydrogen (secondary N) is 2. The van der Waals surface area contributed by atoms with Crippen LogP contribution in [0.4, 0.5) is 28.9 Å². The van der Waals surface area contributed by atoms with Crippen LogP contribution in [0.5, 0.6) is 5.75 Å². The van der Waals surface area contributed by atoms with Crippen molar-refractivity contribution in [1.82, 2.24) is 4.57 Å². The molecular formula is C27H29F4N3OS. The van der Waals surface area contributed by atoms with Gasteiger partial charge in [-0.05, 0) is 61.4 Å². The Hall–Kier alpha value is -2.99. The first-order valence-electron chi connectivity index (χ1n) is 11.9. The molecule has 0 aliphatic heterocycles. The molecule has 192 valence electrons. The van der Waals surface area contributed by atoms with Crippen molar-refractivity contribution >= 4 is 34.0 Å². The molecule has 0 saturated heterocycles. The zero-order valence-electron chi connectivity index (χ0n) is 20.1. The summed E-state index contributed by atoms with van der Waals surface area (Å²) in [7, 11) is 0. The predicted molar refractivity (Wildman–Crippen MR) is 139 cm³/mol. The van der Waals surface area contributed by atoms with Gasteiger partial charge < -0.3 is 19.9 Å². The molecule has 0 spiro atoms. The molecule has 1 heterocycles. The molecule has 4 nitrogen and oxygen atoms in total. The molecule has 3 aromatic rings. The molecule has 9 heteroatoms. The molecular weight excluding hydrogens is 490 g/mol. The fourth-order valence-electron chi connectivity index (χ4n) is 4.56. The minimum Gasteiger partial charge on any atom is -0.461 e. The highest BCUT2D eigenvalue weighted by Crippen LogP contribution is 2.32. The number of rotatable bonds is 8. The lowest BCUT2D eigenvalue weighted by atomic mass is 9.95. The van der Waals surface area contributed by atoms with Crippen LogP contribution in [0.2, 0.25) is 0 Å². The molecule has 0 amide bonds. The van der Waals surface area contributed by atoms with Crippen molar-refractivity contribution in [3.05, 3.63) is 48.2 Å². The Balaban J connectivity index is 1.59. The maximum Gasteiger partial charge on any atom is 0.406 e. The number of alkyl halides is 4. The third kappa shape index (κ3) is 6.61. The molecule has 36 heavy (non-hydrogen) atoms. The van der Waals surface area contributed by atoms with Crippen LogP contribution in [0.25, 0.3) is 10.9 Å². The standard InChI is InChI=1S/C27H29F4N3OS/c1-36-21-12-13-24(26(16-21)35-18-28)32-14-6-9-20-15-22-23(33-19-7-3-2-4-8-19)10-5-11-25(22)34(20)17-27(29,30)31/h5,10-13,15-16,19,32-33H,2-4,7-8,14,17-18H2,1H3. The minimum absolute atomic E-state index is 0.155. The zero-order valence-corrected chi connectivity index (χ0v) is 20.9. The minimum atomic E-state index is -4.38. The predicted octanol–water partition coefficient (Wildman–Crippen LogP) is 7.44. The van der Waals surface area contributed by atoms with Crippen LogP contribution in [0, 0.1) is 11.8 Å². The first-order chi connectivity index (χ1) is 17.4. The van der Waals surface area contributed by atoms with Crippen LogP contribution < -0.4 is 15.4 Å². The van der Waals surface area contributed by atoms with Gasteiger partial charge in [-0.15, -0.1) is 11.8 Å². The largest absolute Gasteiger partial charge is 0.461 e. The third-order valence-corrected chi connectivity index (χ3v) is 6.96. The van der Waals surface area contributed by atoms with Crippen LogP contribution in [-0.4, -0.2) is 36.4 Å². The van der Waals surface area contributed by atoms with Crippen molar-refractivity contribution in [3.8, 4) is 17.6 Å². The third-order valence-electron chi connectivity index (χ3n) is 6.23. The van der Waals surface area contributed by atoms with Crippen molar-refractivity contribution < 1.29 is 22.3 Å². The Labute approximate surface area is 212 Å². The monoisotopic (exact) mass is 519 g/mol. The lowest BCUT2D eigenvalue weighted by Crippen LogP contribution is -2.22. The number of thioether (sulfide) groups is 1. The molecule has 4 rings (SSSR count). The second kappa shape index (κ2) is 11.8. The van der Waals surface area contributed by atoms with Crippen LogP contribution >= 0.6 is 11.8 Å². The zero-order chi connectivity index (χ0) is 25.5. The summed E-state index contributed by atoms with van der Waals surface area (Å²) in [5.74, 6) is 6.17. The number of aromatic nitrogens is 1. The molecule has 1 fully saturated rings. The van der Waals surface area contributed by atoms with Crippen LogP contribution in [-0.2, 0) is 6.54 Å². The van der Waals surface area contributed by atoms with Crippen molar-refractivity contribution in [2.24, 2.45) is 0 Å². The lowest BCUT2D eigenvalue weighted by Gasteiger charge is -2.24. The van der Waals surface area contributed by atoms with Gasteiger partial charge in [0, 0.05) is 22.0 Å². The SMILES string of the molecule is CSc1ccc(NCC#Cc2cc3c(NC4CCCCC4)cccc3n2CC(F)(F)F)c(OCF)c1. The highest BCUT2D eigenvalue weighted by atomic mass is 32.2. The summed E-state index contributed by atoms with van der Waals surface area (Å²) in [6.45, 7) is -1.93. The van der Waals surface area contributed by atoms with Gasteiger partial charge in [0.1, 0.15) is 12.3 Å². The summed E-state index contributed by atoms with van der Waals surface area (Å²) in [6, 6.07) is 12.8. The van der Waals surface area contributed by atoms with Crippen molar-refractivity contribution in [2.45, 2.75) is 55.8 Å². The lowest BCUT2D eigenvalue weighted by molar-refractivity contribution is -0.140. The van der Waals surface area contributed by atoms with Gasteiger partial charge in [0.25, 0.3) is 0 Å². The van der Waals surface area contributed by atoms with Crippen LogP contribution in [0.3, 0.4) is 0 Å². The first kappa shape index (κ1) is 26.1. The molecule has 1 saturated carbocycles. The summed E-state index contributed by atoms with van der Waals surface area (Å²) >= 11 is 1.51. The number of anilines is 2. The smallest absolute Gasteiger partial charge is 0.406 e. The van der Waals surface area contributed by atoms with E-state index < -0.39 is 19.6 Å². The number of ether oxygens (including phenoxy) is 1. The van der Waals surface area contributed by atoms with Gasteiger partial charge in [0.2, 0.25) is 6.86 Å². The maximum absolute atomic E-state index is 13.4. The molecule has 2 N–H and O–H groups in total. The van der Waals surface area contributed by atoms with E-state index in [1.165, 1.54) is 22.7 Å². The van der Waals surface area contributed by atoms with E-state index in [2.05, 4.69) is 22.5 Å². The van der Waals surface area contributed by atoms with Gasteiger partial charge in [-0.2, -0.15) is 13.2 Å². The number of benzene rings is 2. The molecule has 0 radical (unpaired) electrons. The number of hydrogen-bond acceptors (Lipinski definition) is 4.